The highest BCUT2D eigenvalue weighted by Crippen LogP contribution is 2.30. The average molecular weight is 334 g/mol. The molecule has 0 saturated heterocycles. The summed E-state index contributed by atoms with van der Waals surface area (Å²) >= 11 is 3.32. The second-order valence-corrected chi connectivity index (χ2v) is 6.31. The van der Waals surface area contributed by atoms with Crippen LogP contribution < -0.4 is 5.73 Å². The van der Waals surface area contributed by atoms with E-state index in [2.05, 4.69) is 40.2 Å². The monoisotopic (exact) mass is 333 g/mol. The van der Waals surface area contributed by atoms with Crippen molar-refractivity contribution in [3.63, 3.8) is 0 Å². The topological polar surface area (TPSA) is 26.0 Å². The molecule has 0 spiro atoms. The summed E-state index contributed by atoms with van der Waals surface area (Å²) < 4.78 is 14.1. The van der Waals surface area contributed by atoms with Gasteiger partial charge in [0.05, 0.1) is 4.47 Å². The third-order valence-electron chi connectivity index (χ3n) is 4.18. The van der Waals surface area contributed by atoms with Gasteiger partial charge in [0.1, 0.15) is 5.82 Å². The van der Waals surface area contributed by atoms with Crippen LogP contribution in [0.4, 0.5) is 4.39 Å². The summed E-state index contributed by atoms with van der Waals surface area (Å²) in [4.78, 5) is 0. The first-order chi connectivity index (χ1) is 9.65. The smallest absolute Gasteiger partial charge is 0.137 e. The van der Waals surface area contributed by atoms with Crippen molar-refractivity contribution in [2.45, 2.75) is 25.3 Å². The second-order valence-electron chi connectivity index (χ2n) is 5.52. The summed E-state index contributed by atoms with van der Waals surface area (Å²) in [7, 11) is 0. The molecule has 0 amide bonds. The quantitative estimate of drug-likeness (QED) is 0.906. The molecule has 0 fully saturated rings. The van der Waals surface area contributed by atoms with Crippen LogP contribution in [0.3, 0.4) is 0 Å². The lowest BCUT2D eigenvalue weighted by atomic mass is 9.92. The Morgan fingerprint density at radius 3 is 2.40 bits per heavy atom. The van der Waals surface area contributed by atoms with Crippen molar-refractivity contribution >= 4 is 15.9 Å². The number of hydrogen-bond acceptors (Lipinski definition) is 1. The summed E-state index contributed by atoms with van der Waals surface area (Å²) in [6.07, 6.45) is 2.77. The summed E-state index contributed by atoms with van der Waals surface area (Å²) in [5.74, 6) is 0.229. The maximum Gasteiger partial charge on any atom is 0.137 e. The molecule has 0 saturated carbocycles. The Bertz CT molecular complexity index is 601. The molecule has 0 bridgehead atoms. The Hall–Kier alpha value is -1.19. The second kappa shape index (κ2) is 5.66. The van der Waals surface area contributed by atoms with E-state index in [4.69, 9.17) is 5.73 Å². The van der Waals surface area contributed by atoms with Crippen molar-refractivity contribution in [1.29, 1.82) is 0 Å². The number of halogens is 2. The Balaban J connectivity index is 1.72. The third-order valence-corrected chi connectivity index (χ3v) is 5.06. The van der Waals surface area contributed by atoms with Crippen LogP contribution in [-0.4, -0.2) is 6.04 Å². The Morgan fingerprint density at radius 1 is 1.10 bits per heavy atom. The van der Waals surface area contributed by atoms with Gasteiger partial charge in [0.2, 0.25) is 0 Å². The molecule has 1 aliphatic carbocycles. The molecule has 2 aromatic rings. The van der Waals surface area contributed by atoms with E-state index in [0.29, 0.717) is 16.8 Å². The molecule has 1 atom stereocenters. The molecule has 20 heavy (non-hydrogen) atoms. The zero-order valence-electron chi connectivity index (χ0n) is 11.2. The van der Waals surface area contributed by atoms with Gasteiger partial charge in [0.15, 0.2) is 0 Å². The summed E-state index contributed by atoms with van der Waals surface area (Å²) in [5.41, 5.74) is 10.1. The van der Waals surface area contributed by atoms with E-state index in [9.17, 15) is 4.39 Å². The van der Waals surface area contributed by atoms with Gasteiger partial charge < -0.3 is 5.73 Å². The molecule has 3 rings (SSSR count). The van der Waals surface area contributed by atoms with Crippen molar-refractivity contribution in [3.05, 3.63) is 69.4 Å². The minimum Gasteiger partial charge on any atom is -0.327 e. The SMILES string of the molecule is NC(Cc1cccc(F)c1Br)C1Cc2ccccc2C1. The molecule has 2 N–H and O–H groups in total. The van der Waals surface area contributed by atoms with Gasteiger partial charge in [-0.05, 0) is 63.9 Å². The van der Waals surface area contributed by atoms with E-state index in [0.717, 1.165) is 18.4 Å². The Kier molecular flexibility index (Phi) is 3.90. The van der Waals surface area contributed by atoms with Crippen LogP contribution in [0.5, 0.6) is 0 Å². The normalized spacial score (nSPS) is 16.1. The summed E-state index contributed by atoms with van der Waals surface area (Å²) in [5, 5.41) is 0. The number of fused-ring (bicyclic) bond motifs is 1. The number of benzene rings is 2. The van der Waals surface area contributed by atoms with Gasteiger partial charge in [-0.3, -0.25) is 0 Å². The first kappa shape index (κ1) is 13.8. The fraction of sp³-hybridized carbons (Fsp3) is 0.294. The molecule has 3 heteroatoms. The molecule has 0 radical (unpaired) electrons. The molecule has 1 unspecified atom stereocenters. The fourth-order valence-electron chi connectivity index (χ4n) is 3.02. The number of nitrogens with two attached hydrogens (primary N) is 1. The van der Waals surface area contributed by atoms with Crippen molar-refractivity contribution < 1.29 is 4.39 Å². The first-order valence-corrected chi connectivity index (χ1v) is 7.69. The highest BCUT2D eigenvalue weighted by molar-refractivity contribution is 9.10. The molecule has 0 aromatic heterocycles. The van der Waals surface area contributed by atoms with Gasteiger partial charge in [-0.1, -0.05) is 36.4 Å². The molecule has 1 aliphatic rings. The van der Waals surface area contributed by atoms with Crippen LogP contribution in [0, 0.1) is 11.7 Å². The fourth-order valence-corrected chi connectivity index (χ4v) is 3.45. The summed E-state index contributed by atoms with van der Waals surface area (Å²) in [6.45, 7) is 0. The minimum absolute atomic E-state index is 0.0560. The Labute approximate surface area is 127 Å². The van der Waals surface area contributed by atoms with E-state index in [1.54, 1.807) is 6.07 Å². The first-order valence-electron chi connectivity index (χ1n) is 6.90. The lowest BCUT2D eigenvalue weighted by molar-refractivity contribution is 0.436. The van der Waals surface area contributed by atoms with Gasteiger partial charge in [0, 0.05) is 6.04 Å². The van der Waals surface area contributed by atoms with E-state index in [-0.39, 0.29) is 11.9 Å². The van der Waals surface area contributed by atoms with Crippen molar-refractivity contribution in [2.75, 3.05) is 0 Å². The van der Waals surface area contributed by atoms with Crippen LogP contribution in [0.15, 0.2) is 46.9 Å². The highest BCUT2D eigenvalue weighted by atomic mass is 79.9. The van der Waals surface area contributed by atoms with Crippen molar-refractivity contribution in [2.24, 2.45) is 11.7 Å². The number of hydrogen-bond donors (Lipinski definition) is 1. The maximum atomic E-state index is 13.5. The zero-order chi connectivity index (χ0) is 14.1. The molecular formula is C17H17BrFN. The predicted molar refractivity (Wildman–Crippen MR) is 83.1 cm³/mol. The van der Waals surface area contributed by atoms with Gasteiger partial charge >= 0.3 is 0 Å². The summed E-state index contributed by atoms with van der Waals surface area (Å²) in [6, 6.07) is 13.7. The minimum atomic E-state index is -0.218. The van der Waals surface area contributed by atoms with E-state index in [1.165, 1.54) is 17.2 Å². The largest absolute Gasteiger partial charge is 0.327 e. The van der Waals surface area contributed by atoms with Crippen LogP contribution in [0.1, 0.15) is 16.7 Å². The van der Waals surface area contributed by atoms with Crippen LogP contribution in [0.25, 0.3) is 0 Å². The van der Waals surface area contributed by atoms with E-state index >= 15 is 0 Å². The standard InChI is InChI=1S/C17H17BrFN/c18-17-13(6-3-7-15(17)19)10-16(20)14-8-11-4-1-2-5-12(11)9-14/h1-7,14,16H,8-10,20H2. The van der Waals surface area contributed by atoms with Gasteiger partial charge in [-0.25, -0.2) is 4.39 Å². The third kappa shape index (κ3) is 2.65. The molecule has 1 nitrogen and oxygen atoms in total. The Morgan fingerprint density at radius 2 is 1.75 bits per heavy atom. The van der Waals surface area contributed by atoms with Gasteiger partial charge in [-0.2, -0.15) is 0 Å². The lowest BCUT2D eigenvalue weighted by Crippen LogP contribution is -2.33. The van der Waals surface area contributed by atoms with Crippen LogP contribution >= 0.6 is 15.9 Å². The molecule has 104 valence electrons. The zero-order valence-corrected chi connectivity index (χ0v) is 12.7. The molecule has 0 heterocycles. The maximum absolute atomic E-state index is 13.5. The van der Waals surface area contributed by atoms with Crippen LogP contribution in [0.2, 0.25) is 0 Å². The van der Waals surface area contributed by atoms with Crippen molar-refractivity contribution in [3.8, 4) is 0 Å². The molecule has 0 aliphatic heterocycles. The van der Waals surface area contributed by atoms with Crippen molar-refractivity contribution in [1.82, 2.24) is 0 Å². The predicted octanol–water partition coefficient (Wildman–Crippen LogP) is 3.87. The van der Waals surface area contributed by atoms with Gasteiger partial charge in [0.25, 0.3) is 0 Å². The average Bonchev–Trinajstić information content (AvgIpc) is 2.88. The van der Waals surface area contributed by atoms with E-state index in [1.807, 2.05) is 6.07 Å². The molecule has 2 aromatic carbocycles. The van der Waals surface area contributed by atoms with Crippen LogP contribution in [-0.2, 0) is 19.3 Å². The molecular weight excluding hydrogens is 317 g/mol. The highest BCUT2D eigenvalue weighted by Gasteiger charge is 2.26. The number of rotatable bonds is 3. The van der Waals surface area contributed by atoms with Gasteiger partial charge in [-0.15, -0.1) is 0 Å². The lowest BCUT2D eigenvalue weighted by Gasteiger charge is -2.19. The van der Waals surface area contributed by atoms with E-state index < -0.39 is 0 Å².